The van der Waals surface area contributed by atoms with Gasteiger partial charge in [0.15, 0.2) is 5.79 Å². The zero-order valence-corrected chi connectivity index (χ0v) is 9.99. The topological polar surface area (TPSA) is 44.8 Å². The molecule has 1 fully saturated rings. The normalized spacial score (nSPS) is 30.6. The molecule has 90 valence electrons. The summed E-state index contributed by atoms with van der Waals surface area (Å²) in [5, 5.41) is 0. The van der Waals surface area contributed by atoms with Crippen LogP contribution in [-0.4, -0.2) is 31.1 Å². The lowest BCUT2D eigenvalue weighted by molar-refractivity contribution is -0.206. The monoisotopic (exact) mass is 226 g/mol. The molecule has 0 radical (unpaired) electrons. The zero-order chi connectivity index (χ0) is 11.8. The van der Waals surface area contributed by atoms with Gasteiger partial charge in [0, 0.05) is 12.3 Å². The summed E-state index contributed by atoms with van der Waals surface area (Å²) in [6.45, 7) is 6.79. The summed E-state index contributed by atoms with van der Waals surface area (Å²) in [6.07, 6.45) is 4.28. The van der Waals surface area contributed by atoms with Gasteiger partial charge in [-0.05, 0) is 18.6 Å². The van der Waals surface area contributed by atoms with Crippen molar-refractivity contribution in [3.05, 3.63) is 12.2 Å². The Hall–Kier alpha value is -0.870. The molecule has 16 heavy (non-hydrogen) atoms. The maximum absolute atomic E-state index is 10.9. The van der Waals surface area contributed by atoms with Crippen LogP contribution in [0.1, 0.15) is 27.2 Å². The Morgan fingerprint density at radius 1 is 1.38 bits per heavy atom. The van der Waals surface area contributed by atoms with Crippen LogP contribution in [-0.2, 0) is 19.0 Å². The van der Waals surface area contributed by atoms with Gasteiger partial charge in [0.1, 0.15) is 6.10 Å². The van der Waals surface area contributed by atoms with Crippen LogP contribution >= 0.6 is 0 Å². The Balaban J connectivity index is 2.17. The molecule has 1 atom stereocenters. The van der Waals surface area contributed by atoms with E-state index in [4.69, 9.17) is 14.2 Å². The smallest absolute Gasteiger partial charge is 0.303 e. The average Bonchev–Trinajstić information content (AvgIpc) is 2.60. The van der Waals surface area contributed by atoms with E-state index in [9.17, 15) is 4.79 Å². The fraction of sp³-hybridized carbons (Fsp3) is 0.750. The molecule has 1 saturated heterocycles. The van der Waals surface area contributed by atoms with E-state index < -0.39 is 5.79 Å². The highest BCUT2D eigenvalue weighted by atomic mass is 16.7. The van der Waals surface area contributed by atoms with Gasteiger partial charge in [-0.15, -0.1) is 0 Å². The van der Waals surface area contributed by atoms with E-state index in [1.165, 1.54) is 6.92 Å². The Bertz CT molecular complexity index is 313. The standard InChI is InChI=1S/C12H18O4/c1-9(13)16-10-4-5-12(11(2,3)8-10)14-6-7-15-12/h4-5,10H,6-8H2,1-3H3/t10-/m1/s1. The summed E-state index contributed by atoms with van der Waals surface area (Å²) in [4.78, 5) is 10.9. The Kier molecular flexibility index (Phi) is 2.80. The molecule has 0 aromatic heterocycles. The van der Waals surface area contributed by atoms with Crippen LogP contribution < -0.4 is 0 Å². The lowest BCUT2D eigenvalue weighted by Gasteiger charge is -2.44. The third kappa shape index (κ3) is 1.87. The van der Waals surface area contributed by atoms with Crippen molar-refractivity contribution in [1.82, 2.24) is 0 Å². The Morgan fingerprint density at radius 3 is 2.50 bits per heavy atom. The van der Waals surface area contributed by atoms with E-state index in [0.717, 1.165) is 0 Å². The van der Waals surface area contributed by atoms with Gasteiger partial charge < -0.3 is 14.2 Å². The van der Waals surface area contributed by atoms with E-state index >= 15 is 0 Å². The van der Waals surface area contributed by atoms with Crippen molar-refractivity contribution in [2.75, 3.05) is 13.2 Å². The van der Waals surface area contributed by atoms with Gasteiger partial charge in [-0.25, -0.2) is 0 Å². The molecule has 1 spiro atoms. The maximum atomic E-state index is 10.9. The average molecular weight is 226 g/mol. The SMILES string of the molecule is CC(=O)O[C@@H]1C=CC2(OCCO2)C(C)(C)C1. The highest BCUT2D eigenvalue weighted by molar-refractivity contribution is 5.66. The minimum Gasteiger partial charge on any atom is -0.458 e. The van der Waals surface area contributed by atoms with Crippen LogP contribution in [0.25, 0.3) is 0 Å². The van der Waals surface area contributed by atoms with Crippen LogP contribution in [0.2, 0.25) is 0 Å². The minimum absolute atomic E-state index is 0.175. The third-order valence-electron chi connectivity index (χ3n) is 3.22. The molecule has 0 amide bonds. The van der Waals surface area contributed by atoms with Gasteiger partial charge in [0.2, 0.25) is 0 Å². The number of hydrogen-bond acceptors (Lipinski definition) is 4. The van der Waals surface area contributed by atoms with Gasteiger partial charge in [-0.2, -0.15) is 0 Å². The first-order chi connectivity index (χ1) is 7.45. The largest absolute Gasteiger partial charge is 0.458 e. The van der Waals surface area contributed by atoms with Gasteiger partial charge in [-0.1, -0.05) is 13.8 Å². The molecule has 4 heteroatoms. The van der Waals surface area contributed by atoms with Crippen LogP contribution in [0.4, 0.5) is 0 Å². The summed E-state index contributed by atoms with van der Waals surface area (Å²) in [5.74, 6) is -0.890. The molecule has 1 aliphatic carbocycles. The Labute approximate surface area is 95.6 Å². The number of esters is 1. The summed E-state index contributed by atoms with van der Waals surface area (Å²) < 4.78 is 16.6. The second kappa shape index (κ2) is 3.86. The van der Waals surface area contributed by atoms with Crippen molar-refractivity contribution in [1.29, 1.82) is 0 Å². The second-order valence-electron chi connectivity index (χ2n) is 4.96. The summed E-state index contributed by atoms with van der Waals surface area (Å²) in [7, 11) is 0. The predicted molar refractivity (Wildman–Crippen MR) is 57.7 cm³/mol. The molecular weight excluding hydrogens is 208 g/mol. The molecule has 0 aromatic rings. The minimum atomic E-state index is -0.635. The zero-order valence-electron chi connectivity index (χ0n) is 9.99. The van der Waals surface area contributed by atoms with Crippen molar-refractivity contribution < 1.29 is 19.0 Å². The van der Waals surface area contributed by atoms with E-state index in [-0.39, 0.29) is 17.5 Å². The van der Waals surface area contributed by atoms with Gasteiger partial charge in [-0.3, -0.25) is 4.79 Å². The van der Waals surface area contributed by atoms with E-state index in [1.54, 1.807) is 0 Å². The van der Waals surface area contributed by atoms with Gasteiger partial charge in [0.25, 0.3) is 0 Å². The highest BCUT2D eigenvalue weighted by Crippen LogP contribution is 2.46. The van der Waals surface area contributed by atoms with Crippen LogP contribution in [0.5, 0.6) is 0 Å². The number of carbonyl (C=O) groups is 1. The fourth-order valence-electron chi connectivity index (χ4n) is 2.38. The van der Waals surface area contributed by atoms with Gasteiger partial charge in [0.05, 0.1) is 13.2 Å². The van der Waals surface area contributed by atoms with Crippen molar-refractivity contribution in [2.45, 2.75) is 39.1 Å². The Morgan fingerprint density at radius 2 is 2.00 bits per heavy atom. The van der Waals surface area contributed by atoms with E-state index in [2.05, 4.69) is 13.8 Å². The van der Waals surface area contributed by atoms with E-state index in [1.807, 2.05) is 12.2 Å². The summed E-state index contributed by atoms with van der Waals surface area (Å²) in [6, 6.07) is 0. The van der Waals surface area contributed by atoms with E-state index in [0.29, 0.717) is 19.6 Å². The van der Waals surface area contributed by atoms with Crippen molar-refractivity contribution >= 4 is 5.97 Å². The first kappa shape index (κ1) is 11.6. The number of carbonyl (C=O) groups excluding carboxylic acids is 1. The molecule has 0 saturated carbocycles. The first-order valence-corrected chi connectivity index (χ1v) is 5.60. The fourth-order valence-corrected chi connectivity index (χ4v) is 2.38. The molecule has 2 aliphatic rings. The molecule has 0 bridgehead atoms. The summed E-state index contributed by atoms with van der Waals surface area (Å²) in [5.41, 5.74) is -0.196. The number of rotatable bonds is 1. The molecule has 2 rings (SSSR count). The van der Waals surface area contributed by atoms with Gasteiger partial charge >= 0.3 is 5.97 Å². The molecular formula is C12H18O4. The van der Waals surface area contributed by atoms with Crippen molar-refractivity contribution in [2.24, 2.45) is 5.41 Å². The summed E-state index contributed by atoms with van der Waals surface area (Å²) >= 11 is 0. The highest BCUT2D eigenvalue weighted by Gasteiger charge is 2.51. The molecule has 4 nitrogen and oxygen atoms in total. The van der Waals surface area contributed by atoms with Crippen molar-refractivity contribution in [3.63, 3.8) is 0 Å². The van der Waals surface area contributed by atoms with Crippen LogP contribution in [0.3, 0.4) is 0 Å². The number of ether oxygens (including phenoxy) is 3. The lowest BCUT2D eigenvalue weighted by atomic mass is 9.74. The van der Waals surface area contributed by atoms with Crippen molar-refractivity contribution in [3.8, 4) is 0 Å². The van der Waals surface area contributed by atoms with Crippen LogP contribution in [0, 0.1) is 5.41 Å². The quantitative estimate of drug-likeness (QED) is 0.503. The molecule has 0 unspecified atom stereocenters. The van der Waals surface area contributed by atoms with Crippen LogP contribution in [0.15, 0.2) is 12.2 Å². The molecule has 0 N–H and O–H groups in total. The third-order valence-corrected chi connectivity index (χ3v) is 3.22. The number of hydrogen-bond donors (Lipinski definition) is 0. The molecule has 1 heterocycles. The maximum Gasteiger partial charge on any atom is 0.303 e. The molecule has 1 aliphatic heterocycles. The lowest BCUT2D eigenvalue weighted by Crippen LogP contribution is -2.49. The first-order valence-electron chi connectivity index (χ1n) is 5.60. The predicted octanol–water partition coefficient (Wildman–Crippen LogP) is 1.65. The second-order valence-corrected chi connectivity index (χ2v) is 4.96. The molecule has 0 aromatic carbocycles.